The van der Waals surface area contributed by atoms with Crippen molar-refractivity contribution in [2.45, 2.75) is 33.2 Å². The number of hydrogen-bond acceptors (Lipinski definition) is 5. The van der Waals surface area contributed by atoms with Gasteiger partial charge >= 0.3 is 0 Å². The Hall–Kier alpha value is -1.78. The molecular formula is C11H15N5. The summed E-state index contributed by atoms with van der Waals surface area (Å²) in [5.41, 5.74) is 1.38. The van der Waals surface area contributed by atoms with Crippen LogP contribution in [0, 0.1) is 0 Å². The van der Waals surface area contributed by atoms with E-state index in [-0.39, 0.29) is 0 Å². The molecule has 5 nitrogen and oxygen atoms in total. The van der Waals surface area contributed by atoms with E-state index >= 15 is 0 Å². The molecule has 16 heavy (non-hydrogen) atoms. The number of fused-ring (bicyclic) bond motifs is 1. The van der Waals surface area contributed by atoms with Crippen LogP contribution in [0.5, 0.6) is 0 Å². The second-order valence-corrected chi connectivity index (χ2v) is 3.87. The van der Waals surface area contributed by atoms with Gasteiger partial charge in [0.1, 0.15) is 11.3 Å². The average molecular weight is 217 g/mol. The van der Waals surface area contributed by atoms with Gasteiger partial charge in [0.05, 0.1) is 0 Å². The van der Waals surface area contributed by atoms with E-state index in [1.165, 1.54) is 0 Å². The minimum atomic E-state index is 0.310. The van der Waals surface area contributed by atoms with Crippen LogP contribution in [0.3, 0.4) is 0 Å². The summed E-state index contributed by atoms with van der Waals surface area (Å²) in [6.07, 6.45) is 4.09. The molecule has 0 saturated carbocycles. The predicted molar refractivity (Wildman–Crippen MR) is 63.3 cm³/mol. The molecule has 0 aromatic carbocycles. The zero-order valence-electron chi connectivity index (χ0n) is 9.73. The van der Waals surface area contributed by atoms with Crippen LogP contribution in [0.15, 0.2) is 12.4 Å². The van der Waals surface area contributed by atoms with Crippen LogP contribution in [0.25, 0.3) is 11.2 Å². The van der Waals surface area contributed by atoms with Gasteiger partial charge in [-0.05, 0) is 13.8 Å². The van der Waals surface area contributed by atoms with Gasteiger partial charge in [-0.2, -0.15) is 0 Å². The molecule has 84 valence electrons. The summed E-state index contributed by atoms with van der Waals surface area (Å²) in [6.45, 7) is 6.16. The third kappa shape index (κ3) is 2.08. The van der Waals surface area contributed by atoms with Crippen molar-refractivity contribution in [2.75, 3.05) is 5.32 Å². The Bertz CT molecular complexity index is 495. The van der Waals surface area contributed by atoms with E-state index in [1.807, 2.05) is 6.92 Å². The normalized spacial score (nSPS) is 11.0. The average Bonchev–Trinajstić information content (AvgIpc) is 2.28. The highest BCUT2D eigenvalue weighted by Gasteiger charge is 2.09. The van der Waals surface area contributed by atoms with Gasteiger partial charge in [-0.3, -0.25) is 0 Å². The maximum absolute atomic E-state index is 4.43. The molecule has 0 atom stereocenters. The zero-order valence-corrected chi connectivity index (χ0v) is 9.73. The highest BCUT2D eigenvalue weighted by molar-refractivity contribution is 5.81. The third-order valence-electron chi connectivity index (χ3n) is 2.12. The molecule has 2 heterocycles. The number of aromatic nitrogens is 4. The molecule has 0 saturated heterocycles. The van der Waals surface area contributed by atoms with Crippen molar-refractivity contribution in [1.29, 1.82) is 0 Å². The van der Waals surface area contributed by atoms with Gasteiger partial charge < -0.3 is 5.32 Å². The van der Waals surface area contributed by atoms with E-state index in [0.717, 1.165) is 23.6 Å². The molecule has 0 aliphatic heterocycles. The highest BCUT2D eigenvalue weighted by Crippen LogP contribution is 2.16. The predicted octanol–water partition coefficient (Wildman–Crippen LogP) is 1.80. The second kappa shape index (κ2) is 4.38. The Morgan fingerprint density at radius 3 is 2.62 bits per heavy atom. The van der Waals surface area contributed by atoms with Gasteiger partial charge in [-0.15, -0.1) is 0 Å². The molecule has 2 rings (SSSR count). The topological polar surface area (TPSA) is 63.6 Å². The largest absolute Gasteiger partial charge is 0.366 e. The fourth-order valence-electron chi connectivity index (χ4n) is 1.44. The second-order valence-electron chi connectivity index (χ2n) is 3.87. The standard InChI is InChI=1S/C11H15N5/c1-4-8-15-10-9(12-5-6-13-10)11(16-8)14-7(2)3/h5-7H,4H2,1-3H3,(H,13,14,15,16). The maximum atomic E-state index is 4.43. The quantitative estimate of drug-likeness (QED) is 0.849. The molecule has 2 aromatic heterocycles. The van der Waals surface area contributed by atoms with Crippen molar-refractivity contribution in [3.05, 3.63) is 18.2 Å². The first kappa shape index (κ1) is 10.7. The van der Waals surface area contributed by atoms with Crippen molar-refractivity contribution in [2.24, 2.45) is 0 Å². The van der Waals surface area contributed by atoms with Gasteiger partial charge in [0, 0.05) is 24.9 Å². The molecule has 0 unspecified atom stereocenters. The molecule has 0 aliphatic rings. The molecule has 2 aromatic rings. The molecule has 0 spiro atoms. The van der Waals surface area contributed by atoms with E-state index in [0.29, 0.717) is 11.7 Å². The Balaban J connectivity index is 2.59. The number of aryl methyl sites for hydroxylation is 1. The van der Waals surface area contributed by atoms with Gasteiger partial charge in [0.15, 0.2) is 11.5 Å². The number of nitrogens with zero attached hydrogens (tertiary/aromatic N) is 4. The first-order valence-corrected chi connectivity index (χ1v) is 5.45. The lowest BCUT2D eigenvalue weighted by molar-refractivity contribution is 0.873. The van der Waals surface area contributed by atoms with Gasteiger partial charge in [-0.1, -0.05) is 6.92 Å². The highest BCUT2D eigenvalue weighted by atomic mass is 15.1. The van der Waals surface area contributed by atoms with Crippen LogP contribution in [-0.2, 0) is 6.42 Å². The van der Waals surface area contributed by atoms with Gasteiger partial charge in [0.25, 0.3) is 0 Å². The Kier molecular flexibility index (Phi) is 2.94. The van der Waals surface area contributed by atoms with Crippen LogP contribution in [0.2, 0.25) is 0 Å². The van der Waals surface area contributed by atoms with Crippen LogP contribution in [-0.4, -0.2) is 26.0 Å². The number of rotatable bonds is 3. The van der Waals surface area contributed by atoms with Gasteiger partial charge in [0.2, 0.25) is 0 Å². The SMILES string of the molecule is CCc1nc(NC(C)C)c2nccnc2n1. The monoisotopic (exact) mass is 217 g/mol. The molecule has 0 amide bonds. The van der Waals surface area contributed by atoms with Crippen molar-refractivity contribution >= 4 is 17.0 Å². The molecular weight excluding hydrogens is 202 g/mol. The van der Waals surface area contributed by atoms with Crippen LogP contribution in [0.1, 0.15) is 26.6 Å². The molecule has 1 N–H and O–H groups in total. The lowest BCUT2D eigenvalue weighted by atomic mass is 10.3. The van der Waals surface area contributed by atoms with Crippen LogP contribution >= 0.6 is 0 Å². The lowest BCUT2D eigenvalue weighted by Gasteiger charge is -2.11. The third-order valence-corrected chi connectivity index (χ3v) is 2.12. The Labute approximate surface area is 94.4 Å². The summed E-state index contributed by atoms with van der Waals surface area (Å²) in [6, 6.07) is 0.310. The zero-order chi connectivity index (χ0) is 11.5. The van der Waals surface area contributed by atoms with Crippen LogP contribution in [0.4, 0.5) is 5.82 Å². The van der Waals surface area contributed by atoms with E-state index < -0.39 is 0 Å². The molecule has 5 heteroatoms. The van der Waals surface area contributed by atoms with Crippen molar-refractivity contribution in [3.63, 3.8) is 0 Å². The number of anilines is 1. The van der Waals surface area contributed by atoms with Crippen molar-refractivity contribution < 1.29 is 0 Å². The molecule has 0 aliphatic carbocycles. The van der Waals surface area contributed by atoms with E-state index in [2.05, 4.69) is 39.1 Å². The summed E-state index contributed by atoms with van der Waals surface area (Å²) in [5.74, 6) is 1.56. The summed E-state index contributed by atoms with van der Waals surface area (Å²) in [4.78, 5) is 17.2. The molecule has 0 bridgehead atoms. The van der Waals surface area contributed by atoms with Gasteiger partial charge in [-0.25, -0.2) is 19.9 Å². The fourth-order valence-corrected chi connectivity index (χ4v) is 1.44. The number of nitrogens with one attached hydrogen (secondary N) is 1. The van der Waals surface area contributed by atoms with Crippen LogP contribution < -0.4 is 5.32 Å². The van der Waals surface area contributed by atoms with E-state index in [1.54, 1.807) is 12.4 Å². The first-order valence-electron chi connectivity index (χ1n) is 5.45. The maximum Gasteiger partial charge on any atom is 0.183 e. The molecule has 0 radical (unpaired) electrons. The van der Waals surface area contributed by atoms with E-state index in [9.17, 15) is 0 Å². The van der Waals surface area contributed by atoms with Crippen molar-refractivity contribution in [1.82, 2.24) is 19.9 Å². The Morgan fingerprint density at radius 1 is 1.19 bits per heavy atom. The Morgan fingerprint density at radius 2 is 1.94 bits per heavy atom. The number of hydrogen-bond donors (Lipinski definition) is 1. The fraction of sp³-hybridized carbons (Fsp3) is 0.455. The lowest BCUT2D eigenvalue weighted by Crippen LogP contribution is -2.13. The smallest absolute Gasteiger partial charge is 0.183 e. The molecule has 0 fully saturated rings. The summed E-state index contributed by atoms with van der Waals surface area (Å²) in [5, 5.41) is 3.27. The summed E-state index contributed by atoms with van der Waals surface area (Å²) in [7, 11) is 0. The summed E-state index contributed by atoms with van der Waals surface area (Å²) >= 11 is 0. The van der Waals surface area contributed by atoms with Crippen molar-refractivity contribution in [3.8, 4) is 0 Å². The summed E-state index contributed by atoms with van der Waals surface area (Å²) < 4.78 is 0. The minimum absolute atomic E-state index is 0.310. The first-order chi connectivity index (χ1) is 7.70. The minimum Gasteiger partial charge on any atom is -0.366 e. The van der Waals surface area contributed by atoms with E-state index in [4.69, 9.17) is 0 Å².